The number of rotatable bonds is 7. The van der Waals surface area contributed by atoms with Crippen molar-refractivity contribution in [1.29, 1.82) is 0 Å². The molecule has 1 aromatic heterocycles. The van der Waals surface area contributed by atoms with E-state index in [0.717, 1.165) is 17.5 Å². The largest absolute Gasteiger partial charge is 0.325 e. The maximum absolute atomic E-state index is 12.5. The summed E-state index contributed by atoms with van der Waals surface area (Å²) in [6, 6.07) is 17.3. The lowest BCUT2D eigenvalue weighted by molar-refractivity contribution is -0.115. The fourth-order valence-electron chi connectivity index (χ4n) is 2.65. The third-order valence-electron chi connectivity index (χ3n) is 4.06. The van der Waals surface area contributed by atoms with Gasteiger partial charge in [0, 0.05) is 23.7 Å². The van der Waals surface area contributed by atoms with Gasteiger partial charge in [0.15, 0.2) is 5.16 Å². The zero-order valence-corrected chi connectivity index (χ0v) is 16.8. The Morgan fingerprint density at radius 1 is 1.19 bits per heavy atom. The molecule has 3 rings (SSSR count). The molecule has 1 amide bonds. The summed E-state index contributed by atoms with van der Waals surface area (Å²) in [5, 5.41) is 12.5. The molecule has 0 saturated heterocycles. The number of nitrogens with one attached hydrogen (secondary N) is 1. The van der Waals surface area contributed by atoms with Gasteiger partial charge in [-0.3, -0.25) is 4.79 Å². The van der Waals surface area contributed by atoms with Crippen LogP contribution in [0.5, 0.6) is 0 Å². The van der Waals surface area contributed by atoms with Gasteiger partial charge in [0.05, 0.1) is 5.25 Å². The Morgan fingerprint density at radius 2 is 1.96 bits per heavy atom. The lowest BCUT2D eigenvalue weighted by atomic mass is 10.1. The van der Waals surface area contributed by atoms with E-state index in [0.29, 0.717) is 17.1 Å². The summed E-state index contributed by atoms with van der Waals surface area (Å²) >= 11 is 7.37. The molecular formula is C20H21ClN4OS. The highest BCUT2D eigenvalue weighted by atomic mass is 35.5. The van der Waals surface area contributed by atoms with E-state index in [4.69, 9.17) is 11.6 Å². The molecule has 0 spiro atoms. The number of benzene rings is 2. The average molecular weight is 401 g/mol. The molecule has 0 aliphatic heterocycles. The molecule has 2 aromatic carbocycles. The highest BCUT2D eigenvalue weighted by Crippen LogP contribution is 2.25. The van der Waals surface area contributed by atoms with E-state index < -0.39 is 0 Å². The lowest BCUT2D eigenvalue weighted by Crippen LogP contribution is -2.23. The van der Waals surface area contributed by atoms with E-state index in [1.165, 1.54) is 17.3 Å². The predicted molar refractivity (Wildman–Crippen MR) is 110 cm³/mol. The first-order chi connectivity index (χ1) is 13.1. The third-order valence-corrected chi connectivity index (χ3v) is 5.37. The van der Waals surface area contributed by atoms with Crippen molar-refractivity contribution in [2.75, 3.05) is 5.32 Å². The van der Waals surface area contributed by atoms with E-state index in [-0.39, 0.29) is 11.2 Å². The number of hydrogen-bond acceptors (Lipinski definition) is 4. The summed E-state index contributed by atoms with van der Waals surface area (Å²) in [4.78, 5) is 12.5. The van der Waals surface area contributed by atoms with E-state index in [9.17, 15) is 4.79 Å². The second-order valence-electron chi connectivity index (χ2n) is 6.07. The third kappa shape index (κ3) is 5.11. The molecule has 3 aromatic rings. The Bertz CT molecular complexity index is 913. The summed E-state index contributed by atoms with van der Waals surface area (Å²) < 4.78 is 2.06. The maximum atomic E-state index is 12.5. The monoisotopic (exact) mass is 400 g/mol. The van der Waals surface area contributed by atoms with Crippen molar-refractivity contribution in [2.45, 2.75) is 37.2 Å². The lowest BCUT2D eigenvalue weighted by Gasteiger charge is -2.13. The van der Waals surface area contributed by atoms with Crippen molar-refractivity contribution < 1.29 is 4.79 Å². The summed E-state index contributed by atoms with van der Waals surface area (Å²) in [6.07, 6.45) is 0.714. The Balaban J connectivity index is 1.68. The van der Waals surface area contributed by atoms with Crippen LogP contribution in [0.1, 0.15) is 25.2 Å². The van der Waals surface area contributed by atoms with Crippen LogP contribution >= 0.6 is 23.4 Å². The van der Waals surface area contributed by atoms with E-state index in [2.05, 4.69) is 39.1 Å². The van der Waals surface area contributed by atoms with Crippen LogP contribution in [0.25, 0.3) is 0 Å². The second-order valence-corrected chi connectivity index (χ2v) is 7.81. The number of hydrogen-bond donors (Lipinski definition) is 1. The minimum Gasteiger partial charge on any atom is -0.325 e. The summed E-state index contributed by atoms with van der Waals surface area (Å²) in [7, 11) is 0. The van der Waals surface area contributed by atoms with Crippen LogP contribution in [0, 0.1) is 0 Å². The standard InChI is InChI=1S/C20H21ClN4OS/c1-3-25-18(12-15-8-5-4-6-9-15)23-24-20(25)27-14(2)19(26)22-17-11-7-10-16(21)13-17/h4-11,13-14H,3,12H2,1-2H3,(H,22,26). The summed E-state index contributed by atoms with van der Waals surface area (Å²) in [5.41, 5.74) is 1.87. The van der Waals surface area contributed by atoms with Gasteiger partial charge in [0.1, 0.15) is 5.82 Å². The molecule has 0 radical (unpaired) electrons. The normalized spacial score (nSPS) is 12.0. The number of carbonyl (C=O) groups excluding carboxylic acids is 1. The second kappa shape index (κ2) is 9.06. The molecule has 0 saturated carbocycles. The molecule has 1 N–H and O–H groups in total. The fourth-order valence-corrected chi connectivity index (χ4v) is 3.78. The first kappa shape index (κ1) is 19.5. The van der Waals surface area contributed by atoms with Gasteiger partial charge in [0.2, 0.25) is 5.91 Å². The smallest absolute Gasteiger partial charge is 0.237 e. The van der Waals surface area contributed by atoms with Crippen molar-refractivity contribution in [3.05, 3.63) is 71.0 Å². The number of thioether (sulfide) groups is 1. The molecule has 1 heterocycles. The molecule has 5 nitrogen and oxygen atoms in total. The number of aromatic nitrogens is 3. The number of carbonyl (C=O) groups is 1. The number of anilines is 1. The quantitative estimate of drug-likeness (QED) is 0.586. The van der Waals surface area contributed by atoms with Crippen LogP contribution in [-0.2, 0) is 17.8 Å². The Hall–Kier alpha value is -2.31. The average Bonchev–Trinajstić information content (AvgIpc) is 3.03. The zero-order chi connectivity index (χ0) is 19.2. The molecule has 0 aliphatic rings. The van der Waals surface area contributed by atoms with Gasteiger partial charge in [-0.2, -0.15) is 0 Å². The maximum Gasteiger partial charge on any atom is 0.237 e. The molecule has 1 atom stereocenters. The minimum atomic E-state index is -0.317. The Labute approximate surface area is 168 Å². The van der Waals surface area contributed by atoms with Crippen LogP contribution < -0.4 is 5.32 Å². The Morgan fingerprint density at radius 3 is 2.67 bits per heavy atom. The van der Waals surface area contributed by atoms with E-state index >= 15 is 0 Å². The van der Waals surface area contributed by atoms with Crippen molar-refractivity contribution in [1.82, 2.24) is 14.8 Å². The van der Waals surface area contributed by atoms with Gasteiger partial charge < -0.3 is 9.88 Å². The molecule has 140 valence electrons. The molecule has 1 unspecified atom stereocenters. The predicted octanol–water partition coefficient (Wildman–Crippen LogP) is 4.66. The van der Waals surface area contributed by atoms with Crippen LogP contribution in [0.2, 0.25) is 5.02 Å². The molecule has 0 bridgehead atoms. The minimum absolute atomic E-state index is 0.0995. The molecule has 27 heavy (non-hydrogen) atoms. The molecule has 0 fully saturated rings. The van der Waals surface area contributed by atoms with Crippen LogP contribution in [-0.4, -0.2) is 25.9 Å². The van der Waals surface area contributed by atoms with Crippen LogP contribution in [0.15, 0.2) is 59.8 Å². The SMILES string of the molecule is CCn1c(Cc2ccccc2)nnc1SC(C)C(=O)Nc1cccc(Cl)c1. The van der Waals surface area contributed by atoms with Crippen LogP contribution in [0.3, 0.4) is 0 Å². The van der Waals surface area contributed by atoms with Crippen LogP contribution in [0.4, 0.5) is 5.69 Å². The van der Waals surface area contributed by atoms with E-state index in [1.807, 2.05) is 31.2 Å². The zero-order valence-electron chi connectivity index (χ0n) is 15.2. The van der Waals surface area contributed by atoms with Gasteiger partial charge in [-0.1, -0.05) is 59.8 Å². The topological polar surface area (TPSA) is 59.8 Å². The first-order valence-electron chi connectivity index (χ1n) is 8.76. The number of nitrogens with zero attached hydrogens (tertiary/aromatic N) is 3. The van der Waals surface area contributed by atoms with E-state index in [1.54, 1.807) is 18.2 Å². The van der Waals surface area contributed by atoms with Crippen molar-refractivity contribution in [3.63, 3.8) is 0 Å². The van der Waals surface area contributed by atoms with Crippen molar-refractivity contribution in [2.24, 2.45) is 0 Å². The highest BCUT2D eigenvalue weighted by Gasteiger charge is 2.20. The van der Waals surface area contributed by atoms with Gasteiger partial charge in [-0.15, -0.1) is 10.2 Å². The number of amides is 1. The first-order valence-corrected chi connectivity index (χ1v) is 10.0. The molecule has 7 heteroatoms. The number of halogens is 1. The van der Waals surface area contributed by atoms with Crippen molar-refractivity contribution >= 4 is 35.0 Å². The molecule has 0 aliphatic carbocycles. The highest BCUT2D eigenvalue weighted by molar-refractivity contribution is 8.00. The van der Waals surface area contributed by atoms with Gasteiger partial charge >= 0.3 is 0 Å². The van der Waals surface area contributed by atoms with Gasteiger partial charge in [-0.25, -0.2) is 0 Å². The summed E-state index contributed by atoms with van der Waals surface area (Å²) in [5.74, 6) is 0.797. The van der Waals surface area contributed by atoms with Crippen molar-refractivity contribution in [3.8, 4) is 0 Å². The molecular weight excluding hydrogens is 380 g/mol. The Kier molecular flexibility index (Phi) is 6.53. The van der Waals surface area contributed by atoms with Gasteiger partial charge in [0.25, 0.3) is 0 Å². The fraction of sp³-hybridized carbons (Fsp3) is 0.250. The van der Waals surface area contributed by atoms with Gasteiger partial charge in [-0.05, 0) is 37.6 Å². The summed E-state index contributed by atoms with van der Waals surface area (Å²) in [6.45, 7) is 4.66.